The highest BCUT2D eigenvalue weighted by Gasteiger charge is 2.49. The Morgan fingerprint density at radius 2 is 1.84 bits per heavy atom. The molecule has 2 aliphatic carbocycles. The number of carbonyl (C=O) groups is 1. The van der Waals surface area contributed by atoms with Gasteiger partial charge in [0, 0.05) is 35.4 Å². The van der Waals surface area contributed by atoms with E-state index < -0.39 is 0 Å². The molecule has 3 fully saturated rings. The van der Waals surface area contributed by atoms with Crippen molar-refractivity contribution >= 4 is 17.5 Å². The van der Waals surface area contributed by atoms with Gasteiger partial charge in [-0.3, -0.25) is 0 Å². The number of nitriles is 1. The molecule has 0 bridgehead atoms. The zero-order valence-corrected chi connectivity index (χ0v) is 21.7. The first-order valence-corrected chi connectivity index (χ1v) is 13.1. The van der Waals surface area contributed by atoms with E-state index in [0.29, 0.717) is 5.41 Å². The maximum absolute atomic E-state index is 12.9. The van der Waals surface area contributed by atoms with Crippen LogP contribution in [-0.2, 0) is 10.2 Å². The Balaban J connectivity index is 1.30. The lowest BCUT2D eigenvalue weighted by molar-refractivity contribution is -0.0521. The van der Waals surface area contributed by atoms with Gasteiger partial charge < -0.3 is 19.1 Å². The molecule has 2 saturated carbocycles. The van der Waals surface area contributed by atoms with E-state index in [2.05, 4.69) is 36.3 Å². The molecule has 7 nitrogen and oxygen atoms in total. The van der Waals surface area contributed by atoms with E-state index in [-0.39, 0.29) is 18.2 Å². The van der Waals surface area contributed by atoms with E-state index in [0.717, 1.165) is 71.0 Å². The molecule has 7 heteroatoms. The van der Waals surface area contributed by atoms with Crippen LogP contribution in [0.5, 0.6) is 0 Å². The molecule has 3 aromatic rings. The summed E-state index contributed by atoms with van der Waals surface area (Å²) in [6.45, 7) is 7.61. The highest BCUT2D eigenvalue weighted by atomic mass is 16.6. The molecule has 1 aliphatic heterocycles. The summed E-state index contributed by atoms with van der Waals surface area (Å²) in [5.41, 5.74) is 6.78. The minimum absolute atomic E-state index is 0.0942. The predicted molar refractivity (Wildman–Crippen MR) is 140 cm³/mol. The van der Waals surface area contributed by atoms with Crippen LogP contribution in [0.2, 0.25) is 0 Å². The molecule has 1 aromatic heterocycles. The molecule has 37 heavy (non-hydrogen) atoms. The van der Waals surface area contributed by atoms with Crippen molar-refractivity contribution in [2.45, 2.75) is 58.3 Å². The third kappa shape index (κ3) is 4.05. The van der Waals surface area contributed by atoms with Crippen molar-refractivity contribution in [2.24, 2.45) is 5.41 Å². The van der Waals surface area contributed by atoms with Crippen LogP contribution in [0.3, 0.4) is 0 Å². The van der Waals surface area contributed by atoms with E-state index in [1.807, 2.05) is 47.9 Å². The molecule has 0 N–H and O–H groups in total. The van der Waals surface area contributed by atoms with Crippen LogP contribution in [0.25, 0.3) is 11.1 Å². The molecule has 1 spiro atoms. The minimum atomic E-state index is -0.343. The number of nitrogens with zero attached hydrogens (tertiary/aromatic N) is 4. The number of anilines is 2. The van der Waals surface area contributed by atoms with Crippen molar-refractivity contribution in [3.8, 4) is 17.2 Å². The maximum atomic E-state index is 12.9. The van der Waals surface area contributed by atoms with Crippen molar-refractivity contribution < 1.29 is 14.1 Å². The second kappa shape index (κ2) is 8.65. The van der Waals surface area contributed by atoms with Gasteiger partial charge in [-0.1, -0.05) is 35.8 Å². The van der Waals surface area contributed by atoms with Crippen molar-refractivity contribution in [3.05, 3.63) is 65.0 Å². The summed E-state index contributed by atoms with van der Waals surface area (Å²) in [6, 6.07) is 16.8. The number of amides is 1. The van der Waals surface area contributed by atoms with E-state index in [1.54, 1.807) is 0 Å². The average Bonchev–Trinajstić information content (AvgIpc) is 3.57. The van der Waals surface area contributed by atoms with E-state index >= 15 is 0 Å². The maximum Gasteiger partial charge on any atom is 0.411 e. The summed E-state index contributed by atoms with van der Waals surface area (Å²) < 4.78 is 11.3. The summed E-state index contributed by atoms with van der Waals surface area (Å²) >= 11 is 0. The third-order valence-electron chi connectivity index (χ3n) is 8.56. The number of likely N-dealkylation sites (tertiary alicyclic amines) is 1. The minimum Gasteiger partial charge on any atom is -0.428 e. The monoisotopic (exact) mass is 496 g/mol. The Morgan fingerprint density at radius 1 is 1.11 bits per heavy atom. The second-order valence-corrected chi connectivity index (χ2v) is 11.1. The quantitative estimate of drug-likeness (QED) is 0.360. The zero-order chi connectivity index (χ0) is 25.8. The predicted octanol–water partition coefficient (Wildman–Crippen LogP) is 6.54. The Bertz CT molecular complexity index is 1370. The van der Waals surface area contributed by atoms with Gasteiger partial charge in [-0.25, -0.2) is 4.79 Å². The number of carbonyl (C=O) groups excluding carboxylic acids is 1. The number of rotatable bonds is 6. The van der Waals surface area contributed by atoms with Gasteiger partial charge in [-0.15, -0.1) is 0 Å². The molecule has 0 atom stereocenters. The molecule has 190 valence electrons. The summed E-state index contributed by atoms with van der Waals surface area (Å²) in [4.78, 5) is 16.7. The van der Waals surface area contributed by atoms with Gasteiger partial charge in [0.2, 0.25) is 0 Å². The Kier molecular flexibility index (Phi) is 5.52. The normalized spacial score (nSPS) is 18.5. The van der Waals surface area contributed by atoms with Gasteiger partial charge in [0.05, 0.1) is 17.2 Å². The van der Waals surface area contributed by atoms with Gasteiger partial charge in [0.1, 0.15) is 5.76 Å². The summed E-state index contributed by atoms with van der Waals surface area (Å²) in [5, 5.41) is 13.7. The fourth-order valence-electron chi connectivity index (χ4n) is 5.88. The SMILES string of the molecule is Cc1ccc(-c2c(C)noc2C)cc1N(COC(=O)N1CC2(CCC2)C1)c1ccc(C2(C#N)CC2)cc1. The lowest BCUT2D eigenvalue weighted by atomic mass is 9.64. The van der Waals surface area contributed by atoms with Crippen LogP contribution >= 0.6 is 0 Å². The topological polar surface area (TPSA) is 82.6 Å². The Hall–Kier alpha value is -3.79. The molecule has 6 rings (SSSR count). The second-order valence-electron chi connectivity index (χ2n) is 11.1. The molecular weight excluding hydrogens is 464 g/mol. The number of aromatic nitrogens is 1. The standard InChI is InChI=1S/C30H32N4O3/c1-20-5-6-23(27-21(2)32-37-22(27)3)15-26(20)34(19-36-28(35)33-17-29(18-33)11-4-12-29)25-9-7-24(8-10-25)30(16-31)13-14-30/h5-10,15H,4,11-14,17-19H2,1-3H3. The average molecular weight is 497 g/mol. The highest BCUT2D eigenvalue weighted by molar-refractivity contribution is 5.77. The van der Waals surface area contributed by atoms with Crippen molar-refractivity contribution in [3.63, 3.8) is 0 Å². The lowest BCUT2D eigenvalue weighted by Crippen LogP contribution is -2.61. The van der Waals surface area contributed by atoms with E-state index in [4.69, 9.17) is 9.26 Å². The van der Waals surface area contributed by atoms with Gasteiger partial charge in [0.25, 0.3) is 0 Å². The summed E-state index contributed by atoms with van der Waals surface area (Å²) in [5.74, 6) is 0.767. The fourth-order valence-corrected chi connectivity index (χ4v) is 5.88. The zero-order valence-electron chi connectivity index (χ0n) is 21.7. The van der Waals surface area contributed by atoms with Gasteiger partial charge in [-0.2, -0.15) is 5.26 Å². The molecule has 2 heterocycles. The van der Waals surface area contributed by atoms with Gasteiger partial charge in [-0.05, 0) is 81.3 Å². The van der Waals surface area contributed by atoms with Gasteiger partial charge in [0.15, 0.2) is 6.73 Å². The number of aryl methyl sites for hydroxylation is 3. The molecule has 2 aromatic carbocycles. The number of hydrogen-bond donors (Lipinski definition) is 0. The smallest absolute Gasteiger partial charge is 0.411 e. The van der Waals surface area contributed by atoms with Crippen LogP contribution < -0.4 is 4.90 Å². The van der Waals surface area contributed by atoms with Crippen LogP contribution in [0.4, 0.5) is 16.2 Å². The Labute approximate surface area is 217 Å². The molecule has 0 radical (unpaired) electrons. The first-order chi connectivity index (χ1) is 17.8. The molecule has 3 aliphatic rings. The van der Waals surface area contributed by atoms with Crippen LogP contribution in [0.15, 0.2) is 47.0 Å². The number of hydrogen-bond acceptors (Lipinski definition) is 6. The first-order valence-electron chi connectivity index (χ1n) is 13.1. The third-order valence-corrected chi connectivity index (χ3v) is 8.56. The largest absolute Gasteiger partial charge is 0.428 e. The molecule has 1 saturated heterocycles. The number of benzene rings is 2. The summed E-state index contributed by atoms with van der Waals surface area (Å²) in [6.07, 6.45) is 5.24. The fraction of sp³-hybridized carbons (Fsp3) is 0.433. The van der Waals surface area contributed by atoms with E-state index in [9.17, 15) is 10.1 Å². The first kappa shape index (κ1) is 23.6. The molecule has 1 amide bonds. The van der Waals surface area contributed by atoms with Gasteiger partial charge >= 0.3 is 6.09 Å². The van der Waals surface area contributed by atoms with Crippen LogP contribution in [-0.4, -0.2) is 36.0 Å². The summed E-state index contributed by atoms with van der Waals surface area (Å²) in [7, 11) is 0. The Morgan fingerprint density at radius 3 is 2.41 bits per heavy atom. The van der Waals surface area contributed by atoms with E-state index in [1.165, 1.54) is 19.3 Å². The van der Waals surface area contributed by atoms with Crippen molar-refractivity contribution in [1.29, 1.82) is 5.26 Å². The lowest BCUT2D eigenvalue weighted by Gasteiger charge is -2.55. The number of ether oxygens (including phenoxy) is 1. The highest BCUT2D eigenvalue weighted by Crippen LogP contribution is 2.49. The van der Waals surface area contributed by atoms with Crippen molar-refractivity contribution in [2.75, 3.05) is 24.7 Å². The molecular formula is C30H32N4O3. The van der Waals surface area contributed by atoms with Crippen LogP contribution in [0, 0.1) is 37.5 Å². The van der Waals surface area contributed by atoms with Crippen molar-refractivity contribution in [1.82, 2.24) is 10.1 Å². The molecule has 0 unspecified atom stereocenters. The van der Waals surface area contributed by atoms with Crippen LogP contribution in [0.1, 0.15) is 54.7 Å².